The van der Waals surface area contributed by atoms with E-state index in [1.165, 1.54) is 25.3 Å². The summed E-state index contributed by atoms with van der Waals surface area (Å²) in [6.07, 6.45) is 2.00. The van der Waals surface area contributed by atoms with Crippen molar-refractivity contribution in [2.75, 3.05) is 12.4 Å². The first kappa shape index (κ1) is 22.2. The van der Waals surface area contributed by atoms with E-state index in [-0.39, 0.29) is 28.3 Å². The molecular formula is C25H18ClFN2O4. The van der Waals surface area contributed by atoms with Gasteiger partial charge in [0.05, 0.1) is 12.8 Å². The van der Waals surface area contributed by atoms with Gasteiger partial charge in [-0.2, -0.15) is 0 Å². The number of ether oxygens (including phenoxy) is 1. The van der Waals surface area contributed by atoms with Crippen LogP contribution in [0.2, 0.25) is 5.02 Å². The number of hydrogen-bond donors (Lipinski definition) is 2. The molecule has 0 saturated heterocycles. The summed E-state index contributed by atoms with van der Waals surface area (Å²) in [5, 5.41) is 14.3. The number of esters is 1. The maximum Gasteiger partial charge on any atom is 0.341 e. The molecule has 6 nitrogen and oxygen atoms in total. The van der Waals surface area contributed by atoms with Gasteiger partial charge in [-0.1, -0.05) is 23.7 Å². The largest absolute Gasteiger partial charge is 0.505 e. The Morgan fingerprint density at radius 2 is 1.76 bits per heavy atom. The number of benzene rings is 3. The third-order valence-electron chi connectivity index (χ3n) is 5.08. The Hall–Kier alpha value is -3.97. The summed E-state index contributed by atoms with van der Waals surface area (Å²) in [6.45, 7) is 0. The second-order valence-corrected chi connectivity index (χ2v) is 7.75. The summed E-state index contributed by atoms with van der Waals surface area (Å²) in [6, 6.07) is 15.5. The number of hydrogen-bond acceptors (Lipinski definition) is 5. The zero-order valence-electron chi connectivity index (χ0n) is 17.4. The third-order valence-corrected chi connectivity index (χ3v) is 5.34. The predicted octanol–water partition coefficient (Wildman–Crippen LogP) is 5.36. The highest BCUT2D eigenvalue weighted by molar-refractivity contribution is 6.30. The minimum absolute atomic E-state index is 0.129. The lowest BCUT2D eigenvalue weighted by molar-refractivity contribution is 0.0597. The molecule has 0 spiro atoms. The average molecular weight is 465 g/mol. The first-order valence-electron chi connectivity index (χ1n) is 9.90. The lowest BCUT2D eigenvalue weighted by Gasteiger charge is -2.14. The molecule has 0 atom stereocenters. The number of aromatic nitrogens is 1. The van der Waals surface area contributed by atoms with Crippen molar-refractivity contribution in [2.45, 2.75) is 6.42 Å². The number of halogens is 2. The van der Waals surface area contributed by atoms with Crippen LogP contribution in [0.5, 0.6) is 5.75 Å². The van der Waals surface area contributed by atoms with E-state index in [1.807, 2.05) is 0 Å². The van der Waals surface area contributed by atoms with Gasteiger partial charge < -0.3 is 15.2 Å². The number of phenolic OH excluding ortho intramolecular Hbond substituents is 1. The number of fused-ring (bicyclic) bond motifs is 1. The van der Waals surface area contributed by atoms with E-state index in [2.05, 4.69) is 10.3 Å². The number of rotatable bonds is 5. The number of methoxy groups -OCH3 is 1. The molecule has 3 aromatic carbocycles. The van der Waals surface area contributed by atoms with E-state index in [0.717, 1.165) is 11.1 Å². The van der Waals surface area contributed by atoms with Crippen LogP contribution in [0.25, 0.3) is 10.9 Å². The first-order valence-corrected chi connectivity index (χ1v) is 10.3. The molecule has 0 radical (unpaired) electrons. The molecule has 33 heavy (non-hydrogen) atoms. The van der Waals surface area contributed by atoms with Crippen molar-refractivity contribution in [3.63, 3.8) is 0 Å². The smallest absolute Gasteiger partial charge is 0.341 e. The van der Waals surface area contributed by atoms with Crippen molar-refractivity contribution in [3.05, 3.63) is 100.0 Å². The van der Waals surface area contributed by atoms with Crippen LogP contribution in [0.3, 0.4) is 0 Å². The van der Waals surface area contributed by atoms with Crippen molar-refractivity contribution >= 4 is 40.1 Å². The Balaban J connectivity index is 1.79. The fraction of sp³-hybridized carbons (Fsp3) is 0.0800. The van der Waals surface area contributed by atoms with Crippen molar-refractivity contribution in [2.24, 2.45) is 0 Å². The first-order chi connectivity index (χ1) is 15.9. The topological polar surface area (TPSA) is 88.5 Å². The van der Waals surface area contributed by atoms with E-state index < -0.39 is 11.9 Å². The van der Waals surface area contributed by atoms with Crippen LogP contribution >= 0.6 is 11.6 Å². The van der Waals surface area contributed by atoms with E-state index in [0.29, 0.717) is 22.4 Å². The average Bonchev–Trinajstić information content (AvgIpc) is 2.82. The molecule has 0 bridgehead atoms. The molecule has 1 heterocycles. The van der Waals surface area contributed by atoms with Gasteiger partial charge in [-0.15, -0.1) is 0 Å². The number of nitrogens with zero attached hydrogens (tertiary/aromatic N) is 1. The van der Waals surface area contributed by atoms with Crippen LogP contribution in [0.4, 0.5) is 10.1 Å². The molecule has 0 saturated carbocycles. The summed E-state index contributed by atoms with van der Waals surface area (Å²) in [7, 11) is 1.19. The normalized spacial score (nSPS) is 10.8. The van der Waals surface area contributed by atoms with Gasteiger partial charge in [0.2, 0.25) is 0 Å². The van der Waals surface area contributed by atoms with Gasteiger partial charge in [-0.25, -0.2) is 9.18 Å². The molecule has 166 valence electrons. The third kappa shape index (κ3) is 4.78. The van der Waals surface area contributed by atoms with Crippen LogP contribution in [0.15, 0.2) is 66.9 Å². The summed E-state index contributed by atoms with van der Waals surface area (Å²) in [5.74, 6) is -1.88. The number of carbonyl (C=O) groups excluding carboxylic acids is 2. The van der Waals surface area contributed by atoms with Crippen LogP contribution in [-0.2, 0) is 11.2 Å². The summed E-state index contributed by atoms with van der Waals surface area (Å²) >= 11 is 5.90. The molecule has 0 fully saturated rings. The van der Waals surface area contributed by atoms with Crippen molar-refractivity contribution in [1.29, 1.82) is 0 Å². The fourth-order valence-electron chi connectivity index (χ4n) is 3.42. The zero-order chi connectivity index (χ0) is 23.5. The standard InChI is InChI=1S/C25H18ClFN2O4/c1-33-25(32)20-12-21(29-24(31)16-4-6-17(26)7-5-16)19-11-15(13-28-22(19)23(20)30)10-14-2-8-18(27)9-3-14/h2-9,11-13,30H,10H2,1H3,(H,29,31). The van der Waals surface area contributed by atoms with Crippen LogP contribution in [0, 0.1) is 5.82 Å². The minimum Gasteiger partial charge on any atom is -0.505 e. The molecule has 2 N–H and O–H groups in total. The molecule has 0 aliphatic carbocycles. The Kier molecular flexibility index (Phi) is 6.24. The monoisotopic (exact) mass is 464 g/mol. The highest BCUT2D eigenvalue weighted by Gasteiger charge is 2.20. The number of amides is 1. The second kappa shape index (κ2) is 9.26. The Morgan fingerprint density at radius 1 is 1.06 bits per heavy atom. The second-order valence-electron chi connectivity index (χ2n) is 7.32. The highest BCUT2D eigenvalue weighted by atomic mass is 35.5. The lowest BCUT2D eigenvalue weighted by atomic mass is 10.0. The molecular weight excluding hydrogens is 447 g/mol. The van der Waals surface area contributed by atoms with Gasteiger partial charge in [0.1, 0.15) is 16.9 Å². The van der Waals surface area contributed by atoms with E-state index in [1.54, 1.807) is 48.7 Å². The lowest BCUT2D eigenvalue weighted by Crippen LogP contribution is -2.13. The zero-order valence-corrected chi connectivity index (χ0v) is 18.2. The van der Waals surface area contributed by atoms with Gasteiger partial charge in [0.25, 0.3) is 5.91 Å². The van der Waals surface area contributed by atoms with Crippen molar-refractivity contribution in [3.8, 4) is 5.75 Å². The molecule has 4 aromatic rings. The maximum absolute atomic E-state index is 13.2. The summed E-state index contributed by atoms with van der Waals surface area (Å²) in [4.78, 5) is 29.3. The van der Waals surface area contributed by atoms with Crippen molar-refractivity contribution in [1.82, 2.24) is 4.98 Å². The van der Waals surface area contributed by atoms with Gasteiger partial charge in [-0.05, 0) is 66.1 Å². The number of aromatic hydroxyl groups is 1. The number of anilines is 1. The highest BCUT2D eigenvalue weighted by Crippen LogP contribution is 2.35. The number of nitrogens with one attached hydrogen (secondary N) is 1. The number of phenols is 1. The molecule has 4 rings (SSSR count). The summed E-state index contributed by atoms with van der Waals surface area (Å²) < 4.78 is 18.0. The van der Waals surface area contributed by atoms with Gasteiger partial charge in [0, 0.05) is 22.2 Å². The van der Waals surface area contributed by atoms with Crippen LogP contribution < -0.4 is 5.32 Å². The van der Waals surface area contributed by atoms with Gasteiger partial charge in [-0.3, -0.25) is 9.78 Å². The molecule has 1 aromatic heterocycles. The Morgan fingerprint density at radius 3 is 2.42 bits per heavy atom. The quantitative estimate of drug-likeness (QED) is 0.306. The molecule has 0 aliphatic rings. The van der Waals surface area contributed by atoms with Crippen molar-refractivity contribution < 1.29 is 23.8 Å². The van der Waals surface area contributed by atoms with E-state index >= 15 is 0 Å². The van der Waals surface area contributed by atoms with Gasteiger partial charge in [0.15, 0.2) is 5.75 Å². The molecule has 8 heteroatoms. The van der Waals surface area contributed by atoms with E-state index in [4.69, 9.17) is 16.3 Å². The fourth-order valence-corrected chi connectivity index (χ4v) is 3.55. The van der Waals surface area contributed by atoms with Crippen LogP contribution in [-0.4, -0.2) is 29.1 Å². The summed E-state index contributed by atoms with van der Waals surface area (Å²) in [5.41, 5.74) is 2.26. The minimum atomic E-state index is -0.770. The predicted molar refractivity (Wildman–Crippen MR) is 123 cm³/mol. The van der Waals surface area contributed by atoms with E-state index in [9.17, 15) is 19.1 Å². The Labute approximate surface area is 193 Å². The van der Waals surface area contributed by atoms with Crippen LogP contribution in [0.1, 0.15) is 31.8 Å². The number of carbonyl (C=O) groups is 2. The molecule has 0 aliphatic heterocycles. The molecule has 1 amide bonds. The SMILES string of the molecule is COC(=O)c1cc(NC(=O)c2ccc(Cl)cc2)c2cc(Cc3ccc(F)cc3)cnc2c1O. The van der Waals surface area contributed by atoms with Gasteiger partial charge >= 0.3 is 5.97 Å². The Bertz CT molecular complexity index is 1360. The molecule has 0 unspecified atom stereocenters. The number of pyridine rings is 1. The maximum atomic E-state index is 13.2.